The fraction of sp³-hybridized carbons (Fsp3) is 0.400. The number of aromatic nitrogens is 4. The number of benzene rings is 1. The molecular formula is C15H17N5O. The number of nitrogens with two attached hydrogens (primary N) is 1. The van der Waals surface area contributed by atoms with Gasteiger partial charge in [-0.05, 0) is 25.0 Å². The van der Waals surface area contributed by atoms with Crippen LogP contribution in [0.1, 0.15) is 37.4 Å². The predicted molar refractivity (Wildman–Crippen MR) is 82.3 cm³/mol. The zero-order valence-corrected chi connectivity index (χ0v) is 11.9. The first-order chi connectivity index (χ1) is 10.1. The Kier molecular flexibility index (Phi) is 2.54. The topological polar surface area (TPSA) is 89.6 Å². The predicted octanol–water partition coefficient (Wildman–Crippen LogP) is 2.05. The van der Waals surface area contributed by atoms with Crippen LogP contribution >= 0.6 is 0 Å². The second-order valence-electron chi connectivity index (χ2n) is 5.79. The van der Waals surface area contributed by atoms with E-state index in [1.165, 1.54) is 12.8 Å². The largest absolute Gasteiger partial charge is 0.369 e. The number of aryl methyl sites for hydroxylation is 1. The molecule has 0 unspecified atom stereocenters. The number of H-pyrrole nitrogens is 1. The lowest BCUT2D eigenvalue weighted by Crippen LogP contribution is -2.14. The van der Waals surface area contributed by atoms with Gasteiger partial charge >= 0.3 is 0 Å². The van der Waals surface area contributed by atoms with Gasteiger partial charge in [-0.1, -0.05) is 12.8 Å². The summed E-state index contributed by atoms with van der Waals surface area (Å²) in [6, 6.07) is 3.73. The minimum atomic E-state index is -0.101. The van der Waals surface area contributed by atoms with Gasteiger partial charge in [-0.25, -0.2) is 9.97 Å². The van der Waals surface area contributed by atoms with Crippen molar-refractivity contribution < 1.29 is 0 Å². The lowest BCUT2D eigenvalue weighted by atomic mass is 10.1. The van der Waals surface area contributed by atoms with Gasteiger partial charge in [-0.15, -0.1) is 0 Å². The van der Waals surface area contributed by atoms with Gasteiger partial charge < -0.3 is 15.3 Å². The number of nitrogens with zero attached hydrogens (tertiary/aromatic N) is 3. The number of fused-ring (bicyclic) bond motifs is 3. The highest BCUT2D eigenvalue weighted by atomic mass is 16.1. The second kappa shape index (κ2) is 4.31. The standard InChI is InChI=1S/C15H17N5O/c1-20-12-10(18-15(20)16)7-6-9-11(12)14(21)19-13(17-9)8-4-2-3-5-8/h6-8H,2-5H2,1H3,(H2,16,18)(H,17,19,21). The highest BCUT2D eigenvalue weighted by molar-refractivity contribution is 6.03. The minimum Gasteiger partial charge on any atom is -0.369 e. The van der Waals surface area contributed by atoms with Gasteiger partial charge in [-0.2, -0.15) is 0 Å². The molecule has 3 N–H and O–H groups in total. The number of nitrogens with one attached hydrogen (secondary N) is 1. The SMILES string of the molecule is Cn1c(N)nc2ccc3nc(C4CCCC4)[nH]c(=O)c3c21. The van der Waals surface area contributed by atoms with Crippen LogP contribution in [0.3, 0.4) is 0 Å². The van der Waals surface area contributed by atoms with E-state index in [1.807, 2.05) is 19.2 Å². The van der Waals surface area contributed by atoms with E-state index in [9.17, 15) is 4.79 Å². The van der Waals surface area contributed by atoms with Crippen LogP contribution in [-0.4, -0.2) is 19.5 Å². The molecule has 0 amide bonds. The third-order valence-corrected chi connectivity index (χ3v) is 4.50. The quantitative estimate of drug-likeness (QED) is 0.715. The van der Waals surface area contributed by atoms with Gasteiger partial charge in [0.2, 0.25) is 5.95 Å². The third kappa shape index (κ3) is 1.75. The number of nitrogen functional groups attached to an aromatic ring is 1. The molecule has 1 aromatic carbocycles. The molecule has 2 aromatic heterocycles. The monoisotopic (exact) mass is 283 g/mol. The molecule has 21 heavy (non-hydrogen) atoms. The number of imidazole rings is 1. The molecule has 4 rings (SSSR count). The van der Waals surface area contributed by atoms with Crippen LogP contribution in [0.15, 0.2) is 16.9 Å². The normalized spacial score (nSPS) is 16.2. The summed E-state index contributed by atoms with van der Waals surface area (Å²) in [5, 5.41) is 0.570. The lowest BCUT2D eigenvalue weighted by Gasteiger charge is -2.09. The second-order valence-corrected chi connectivity index (χ2v) is 5.79. The maximum absolute atomic E-state index is 12.6. The van der Waals surface area contributed by atoms with Crippen LogP contribution in [0.4, 0.5) is 5.95 Å². The number of hydrogen-bond acceptors (Lipinski definition) is 4. The van der Waals surface area contributed by atoms with Crippen LogP contribution in [0.25, 0.3) is 21.9 Å². The summed E-state index contributed by atoms with van der Waals surface area (Å²) in [5.74, 6) is 1.60. The van der Waals surface area contributed by atoms with Crippen molar-refractivity contribution in [2.75, 3.05) is 5.73 Å². The summed E-state index contributed by atoms with van der Waals surface area (Å²) in [5.41, 5.74) is 7.93. The molecular weight excluding hydrogens is 266 g/mol. The Hall–Kier alpha value is -2.37. The minimum absolute atomic E-state index is 0.101. The Morgan fingerprint density at radius 2 is 1.95 bits per heavy atom. The Balaban J connectivity index is 2.04. The average molecular weight is 283 g/mol. The van der Waals surface area contributed by atoms with Crippen molar-refractivity contribution in [2.45, 2.75) is 31.6 Å². The van der Waals surface area contributed by atoms with E-state index < -0.39 is 0 Å². The summed E-state index contributed by atoms with van der Waals surface area (Å²) >= 11 is 0. The molecule has 3 aromatic rings. The van der Waals surface area contributed by atoms with E-state index in [2.05, 4.69) is 15.0 Å². The molecule has 1 fully saturated rings. The molecule has 0 aliphatic heterocycles. The first-order valence-corrected chi connectivity index (χ1v) is 7.30. The molecule has 6 heteroatoms. The molecule has 2 heterocycles. The smallest absolute Gasteiger partial charge is 0.260 e. The highest BCUT2D eigenvalue weighted by Crippen LogP contribution is 2.32. The molecule has 0 radical (unpaired) electrons. The fourth-order valence-corrected chi connectivity index (χ4v) is 3.36. The molecule has 1 aliphatic rings. The lowest BCUT2D eigenvalue weighted by molar-refractivity contribution is 0.669. The Morgan fingerprint density at radius 1 is 1.24 bits per heavy atom. The van der Waals surface area contributed by atoms with Crippen LogP contribution in [-0.2, 0) is 7.05 Å². The van der Waals surface area contributed by atoms with E-state index in [1.54, 1.807) is 4.57 Å². The maximum Gasteiger partial charge on any atom is 0.260 e. The number of rotatable bonds is 1. The molecule has 0 bridgehead atoms. The zero-order chi connectivity index (χ0) is 14.6. The van der Waals surface area contributed by atoms with Gasteiger partial charge in [0.1, 0.15) is 5.82 Å². The molecule has 108 valence electrons. The summed E-state index contributed by atoms with van der Waals surface area (Å²) < 4.78 is 1.74. The zero-order valence-electron chi connectivity index (χ0n) is 11.9. The van der Waals surface area contributed by atoms with Crippen LogP contribution < -0.4 is 11.3 Å². The van der Waals surface area contributed by atoms with E-state index in [4.69, 9.17) is 5.73 Å². The van der Waals surface area contributed by atoms with Gasteiger partial charge in [0, 0.05) is 13.0 Å². The molecule has 1 saturated carbocycles. The highest BCUT2D eigenvalue weighted by Gasteiger charge is 2.21. The summed E-state index contributed by atoms with van der Waals surface area (Å²) in [6.45, 7) is 0. The summed E-state index contributed by atoms with van der Waals surface area (Å²) in [4.78, 5) is 24.5. The van der Waals surface area contributed by atoms with Crippen molar-refractivity contribution in [3.05, 3.63) is 28.3 Å². The van der Waals surface area contributed by atoms with Crippen molar-refractivity contribution in [2.24, 2.45) is 7.05 Å². The maximum atomic E-state index is 12.6. The molecule has 0 atom stereocenters. The summed E-state index contributed by atoms with van der Waals surface area (Å²) in [6.07, 6.45) is 4.64. The van der Waals surface area contributed by atoms with Crippen LogP contribution in [0, 0.1) is 0 Å². The van der Waals surface area contributed by atoms with Gasteiger partial charge in [0.15, 0.2) is 0 Å². The number of hydrogen-bond donors (Lipinski definition) is 2. The van der Waals surface area contributed by atoms with Crippen LogP contribution in [0.5, 0.6) is 0 Å². The van der Waals surface area contributed by atoms with E-state index in [0.717, 1.165) is 35.2 Å². The van der Waals surface area contributed by atoms with Crippen molar-refractivity contribution in [1.29, 1.82) is 0 Å². The summed E-state index contributed by atoms with van der Waals surface area (Å²) in [7, 11) is 1.81. The Labute approximate surface area is 121 Å². The molecule has 6 nitrogen and oxygen atoms in total. The number of anilines is 1. The van der Waals surface area contributed by atoms with Gasteiger partial charge in [0.25, 0.3) is 5.56 Å². The number of aromatic amines is 1. The first-order valence-electron chi connectivity index (χ1n) is 7.30. The van der Waals surface area contributed by atoms with Crippen molar-refractivity contribution in [3.63, 3.8) is 0 Å². The third-order valence-electron chi connectivity index (χ3n) is 4.50. The van der Waals surface area contributed by atoms with Crippen molar-refractivity contribution >= 4 is 27.9 Å². The van der Waals surface area contributed by atoms with E-state index in [0.29, 0.717) is 17.3 Å². The van der Waals surface area contributed by atoms with Gasteiger partial charge in [0.05, 0.1) is 21.9 Å². The van der Waals surface area contributed by atoms with Crippen molar-refractivity contribution in [1.82, 2.24) is 19.5 Å². The van der Waals surface area contributed by atoms with Crippen LogP contribution in [0.2, 0.25) is 0 Å². The van der Waals surface area contributed by atoms with Crippen molar-refractivity contribution in [3.8, 4) is 0 Å². The fourth-order valence-electron chi connectivity index (χ4n) is 3.36. The Morgan fingerprint density at radius 3 is 2.71 bits per heavy atom. The average Bonchev–Trinajstić information content (AvgIpc) is 3.08. The Bertz CT molecular complexity index is 902. The molecule has 0 spiro atoms. The van der Waals surface area contributed by atoms with E-state index in [-0.39, 0.29) is 5.56 Å². The van der Waals surface area contributed by atoms with E-state index >= 15 is 0 Å². The first kappa shape index (κ1) is 12.4. The van der Waals surface area contributed by atoms with Gasteiger partial charge in [-0.3, -0.25) is 4.79 Å². The molecule has 0 saturated heterocycles. The molecule has 1 aliphatic carbocycles.